The van der Waals surface area contributed by atoms with Gasteiger partial charge in [0.1, 0.15) is 5.82 Å². The Morgan fingerprint density at radius 1 is 1.65 bits per heavy atom. The van der Waals surface area contributed by atoms with Gasteiger partial charge in [0.2, 0.25) is 5.91 Å². The molecule has 0 spiro atoms. The number of hydrogen-bond donors (Lipinski definition) is 3. The first kappa shape index (κ1) is 12.1. The van der Waals surface area contributed by atoms with E-state index in [1.54, 1.807) is 6.20 Å². The van der Waals surface area contributed by atoms with E-state index < -0.39 is 0 Å². The zero-order chi connectivity index (χ0) is 12.1. The van der Waals surface area contributed by atoms with E-state index >= 15 is 0 Å². The highest BCUT2D eigenvalue weighted by molar-refractivity contribution is 5.89. The molecule has 0 aliphatic carbocycles. The van der Waals surface area contributed by atoms with Crippen molar-refractivity contribution in [1.29, 1.82) is 0 Å². The Labute approximate surface area is 101 Å². The maximum absolute atomic E-state index is 11.7. The van der Waals surface area contributed by atoms with Crippen LogP contribution in [0, 0.1) is 0 Å². The van der Waals surface area contributed by atoms with Gasteiger partial charge in [-0.3, -0.25) is 4.79 Å². The Hall–Kier alpha value is -1.40. The average molecular weight is 237 g/mol. The van der Waals surface area contributed by atoms with Crippen molar-refractivity contribution in [2.75, 3.05) is 31.5 Å². The van der Waals surface area contributed by atoms with Gasteiger partial charge >= 0.3 is 0 Å². The Morgan fingerprint density at radius 3 is 3.12 bits per heavy atom. The minimum Gasteiger partial charge on any atom is -0.316 e. The maximum Gasteiger partial charge on any atom is 0.226 e. The van der Waals surface area contributed by atoms with Crippen LogP contribution >= 0.6 is 0 Å². The van der Waals surface area contributed by atoms with Gasteiger partial charge in [0.05, 0.1) is 12.2 Å². The molecule has 6 nitrogen and oxygen atoms in total. The summed E-state index contributed by atoms with van der Waals surface area (Å²) < 4.78 is 1.88. The standard InChI is InChI=1S/C11H19N5O/c1-2-12-5-4-11(17)15-10-3-6-14-16(10)9-7-13-8-9/h3,6,9,12-13H,2,4-5,7-8H2,1H3,(H,15,17). The summed E-state index contributed by atoms with van der Waals surface area (Å²) >= 11 is 0. The summed E-state index contributed by atoms with van der Waals surface area (Å²) in [4.78, 5) is 11.7. The van der Waals surface area contributed by atoms with Gasteiger partial charge in [0, 0.05) is 32.1 Å². The lowest BCUT2D eigenvalue weighted by molar-refractivity contribution is -0.116. The van der Waals surface area contributed by atoms with Crippen molar-refractivity contribution >= 4 is 11.7 Å². The van der Waals surface area contributed by atoms with Crippen LogP contribution in [0.2, 0.25) is 0 Å². The Kier molecular flexibility index (Phi) is 4.11. The summed E-state index contributed by atoms with van der Waals surface area (Å²) in [5.41, 5.74) is 0. The molecule has 1 fully saturated rings. The summed E-state index contributed by atoms with van der Waals surface area (Å²) in [7, 11) is 0. The lowest BCUT2D eigenvalue weighted by Crippen LogP contribution is -2.44. The van der Waals surface area contributed by atoms with Gasteiger partial charge in [0.25, 0.3) is 0 Å². The second kappa shape index (κ2) is 5.79. The molecule has 0 saturated carbocycles. The van der Waals surface area contributed by atoms with Gasteiger partial charge in [-0.25, -0.2) is 4.68 Å². The van der Waals surface area contributed by atoms with Crippen LogP contribution in [0.1, 0.15) is 19.4 Å². The van der Waals surface area contributed by atoms with Gasteiger partial charge in [-0.1, -0.05) is 6.92 Å². The van der Waals surface area contributed by atoms with Crippen molar-refractivity contribution < 1.29 is 4.79 Å². The number of carbonyl (C=O) groups excluding carboxylic acids is 1. The van der Waals surface area contributed by atoms with E-state index in [-0.39, 0.29) is 5.91 Å². The third-order valence-corrected chi connectivity index (χ3v) is 2.82. The number of nitrogens with zero attached hydrogens (tertiary/aromatic N) is 2. The molecule has 1 amide bonds. The highest BCUT2D eigenvalue weighted by atomic mass is 16.1. The number of amides is 1. The van der Waals surface area contributed by atoms with Crippen LogP contribution in [0.5, 0.6) is 0 Å². The van der Waals surface area contributed by atoms with Crippen LogP contribution < -0.4 is 16.0 Å². The number of hydrogen-bond acceptors (Lipinski definition) is 4. The largest absolute Gasteiger partial charge is 0.316 e. The van der Waals surface area contributed by atoms with Gasteiger partial charge in [-0.15, -0.1) is 0 Å². The zero-order valence-corrected chi connectivity index (χ0v) is 10.1. The fraction of sp³-hybridized carbons (Fsp3) is 0.636. The van der Waals surface area contributed by atoms with Crippen molar-refractivity contribution in [1.82, 2.24) is 20.4 Å². The van der Waals surface area contributed by atoms with Crippen molar-refractivity contribution in [3.05, 3.63) is 12.3 Å². The second-order valence-electron chi connectivity index (χ2n) is 4.12. The first-order chi connectivity index (χ1) is 8.31. The molecule has 1 aromatic heterocycles. The van der Waals surface area contributed by atoms with Gasteiger partial charge in [-0.05, 0) is 6.54 Å². The Bertz CT molecular complexity index is 372. The molecule has 1 aliphatic heterocycles. The lowest BCUT2D eigenvalue weighted by Gasteiger charge is -2.28. The number of nitrogens with one attached hydrogen (secondary N) is 3. The number of anilines is 1. The van der Waals surface area contributed by atoms with Crippen LogP contribution in [0.15, 0.2) is 12.3 Å². The summed E-state index contributed by atoms with van der Waals surface area (Å²) in [6.45, 7) is 5.46. The molecule has 1 saturated heterocycles. The minimum absolute atomic E-state index is 0.0278. The van der Waals surface area contributed by atoms with Gasteiger partial charge < -0.3 is 16.0 Å². The molecule has 0 atom stereocenters. The SMILES string of the molecule is CCNCCC(=O)Nc1ccnn1C1CNC1. The van der Waals surface area contributed by atoms with Crippen LogP contribution in [-0.2, 0) is 4.79 Å². The summed E-state index contributed by atoms with van der Waals surface area (Å²) in [5.74, 6) is 0.818. The molecule has 0 bridgehead atoms. The predicted octanol–water partition coefficient (Wildman–Crippen LogP) is -0.0345. The topological polar surface area (TPSA) is 71.0 Å². The lowest BCUT2D eigenvalue weighted by atomic mass is 10.2. The first-order valence-electron chi connectivity index (χ1n) is 6.06. The smallest absolute Gasteiger partial charge is 0.226 e. The molecule has 0 unspecified atom stereocenters. The van der Waals surface area contributed by atoms with Crippen LogP contribution in [-0.4, -0.2) is 41.9 Å². The average Bonchev–Trinajstić information content (AvgIpc) is 2.64. The van der Waals surface area contributed by atoms with Crippen LogP contribution in [0.4, 0.5) is 5.82 Å². The van der Waals surface area contributed by atoms with E-state index in [0.717, 1.165) is 25.5 Å². The molecule has 2 rings (SSSR count). The number of aromatic nitrogens is 2. The highest BCUT2D eigenvalue weighted by Gasteiger charge is 2.21. The Morgan fingerprint density at radius 2 is 2.47 bits per heavy atom. The molecule has 0 aromatic carbocycles. The normalized spacial score (nSPS) is 15.6. The van der Waals surface area contributed by atoms with Crippen molar-refractivity contribution in [2.24, 2.45) is 0 Å². The summed E-state index contributed by atoms with van der Waals surface area (Å²) in [6.07, 6.45) is 2.21. The first-order valence-corrected chi connectivity index (χ1v) is 6.06. The number of carbonyl (C=O) groups is 1. The molecule has 6 heteroatoms. The van der Waals surface area contributed by atoms with E-state index in [1.807, 2.05) is 17.7 Å². The molecular weight excluding hydrogens is 218 g/mol. The van der Waals surface area contributed by atoms with E-state index in [4.69, 9.17) is 0 Å². The maximum atomic E-state index is 11.7. The third kappa shape index (κ3) is 3.04. The zero-order valence-electron chi connectivity index (χ0n) is 10.1. The van der Waals surface area contributed by atoms with E-state index in [0.29, 0.717) is 19.0 Å². The predicted molar refractivity (Wildman–Crippen MR) is 65.9 cm³/mol. The molecular formula is C11H19N5O. The van der Waals surface area contributed by atoms with Crippen molar-refractivity contribution in [2.45, 2.75) is 19.4 Å². The second-order valence-corrected chi connectivity index (χ2v) is 4.12. The quantitative estimate of drug-likeness (QED) is 0.607. The molecule has 1 aliphatic rings. The van der Waals surface area contributed by atoms with Gasteiger partial charge in [-0.2, -0.15) is 5.10 Å². The van der Waals surface area contributed by atoms with Crippen LogP contribution in [0.3, 0.4) is 0 Å². The van der Waals surface area contributed by atoms with Gasteiger partial charge in [0.15, 0.2) is 0 Å². The van der Waals surface area contributed by atoms with E-state index in [1.165, 1.54) is 0 Å². The molecule has 1 aromatic rings. The fourth-order valence-electron chi connectivity index (χ4n) is 1.73. The van der Waals surface area contributed by atoms with Crippen molar-refractivity contribution in [3.8, 4) is 0 Å². The number of rotatable bonds is 6. The van der Waals surface area contributed by atoms with E-state index in [2.05, 4.69) is 21.0 Å². The summed E-state index contributed by atoms with van der Waals surface area (Å²) in [6, 6.07) is 2.21. The highest BCUT2D eigenvalue weighted by Crippen LogP contribution is 2.17. The summed E-state index contributed by atoms with van der Waals surface area (Å²) in [5, 5.41) is 13.4. The van der Waals surface area contributed by atoms with E-state index in [9.17, 15) is 4.79 Å². The molecule has 2 heterocycles. The molecule has 3 N–H and O–H groups in total. The monoisotopic (exact) mass is 237 g/mol. The molecule has 17 heavy (non-hydrogen) atoms. The fourth-order valence-corrected chi connectivity index (χ4v) is 1.73. The molecule has 94 valence electrons. The Balaban J connectivity index is 1.85. The van der Waals surface area contributed by atoms with Crippen molar-refractivity contribution in [3.63, 3.8) is 0 Å². The minimum atomic E-state index is 0.0278. The molecule has 0 radical (unpaired) electrons. The van der Waals surface area contributed by atoms with Crippen LogP contribution in [0.25, 0.3) is 0 Å². The third-order valence-electron chi connectivity index (χ3n) is 2.82.